The van der Waals surface area contributed by atoms with E-state index in [0.717, 1.165) is 34.6 Å². The number of carbonyl (C=O) groups is 2. The van der Waals surface area contributed by atoms with Gasteiger partial charge in [-0.3, -0.25) is 9.59 Å². The van der Waals surface area contributed by atoms with Crippen LogP contribution in [0.1, 0.15) is 66.7 Å². The zero-order valence-electron chi connectivity index (χ0n) is 21.2. The molecule has 0 aliphatic heterocycles. The number of nitrogens with one attached hydrogen (secondary N) is 1. The van der Waals surface area contributed by atoms with Crippen LogP contribution >= 0.6 is 11.8 Å². The highest BCUT2D eigenvalue weighted by molar-refractivity contribution is 7.99. The first-order valence-corrected chi connectivity index (χ1v) is 13.4. The Bertz CT molecular complexity index is 1130. The van der Waals surface area contributed by atoms with Gasteiger partial charge in [0, 0.05) is 16.9 Å². The quantitative estimate of drug-likeness (QED) is 0.247. The average molecular weight is 506 g/mol. The molecule has 0 spiro atoms. The third kappa shape index (κ3) is 8.45. The third-order valence-corrected chi connectivity index (χ3v) is 6.68. The van der Waals surface area contributed by atoms with Crippen molar-refractivity contribution in [2.24, 2.45) is 5.92 Å². The Balaban J connectivity index is 1.84. The molecule has 3 rings (SSSR count). The zero-order chi connectivity index (χ0) is 25.9. The van der Waals surface area contributed by atoms with Crippen LogP contribution in [0.15, 0.2) is 77.7 Å². The predicted molar refractivity (Wildman–Crippen MR) is 146 cm³/mol. The molecule has 0 bridgehead atoms. The zero-order valence-corrected chi connectivity index (χ0v) is 22.0. The maximum absolute atomic E-state index is 13.6. The molecule has 36 heavy (non-hydrogen) atoms. The first-order valence-electron chi connectivity index (χ1n) is 12.4. The lowest BCUT2D eigenvalue weighted by Gasteiger charge is -2.22. The molecule has 1 amide bonds. The van der Waals surface area contributed by atoms with Gasteiger partial charge in [-0.25, -0.2) is 0 Å². The summed E-state index contributed by atoms with van der Waals surface area (Å²) in [6.07, 6.45) is 1.05. The molecule has 0 fully saturated rings. The van der Waals surface area contributed by atoms with Crippen LogP contribution < -0.4 is 10.1 Å². The summed E-state index contributed by atoms with van der Waals surface area (Å²) < 4.78 is 5.87. The van der Waals surface area contributed by atoms with Gasteiger partial charge in [0.2, 0.25) is 0 Å². The lowest BCUT2D eigenvalue weighted by molar-refractivity contribution is -0.136. The highest BCUT2D eigenvalue weighted by Crippen LogP contribution is 2.26. The largest absolute Gasteiger partial charge is 0.489 e. The summed E-state index contributed by atoms with van der Waals surface area (Å²) in [6, 6.07) is 23.3. The molecule has 1 unspecified atom stereocenters. The minimum Gasteiger partial charge on any atom is -0.489 e. The van der Waals surface area contributed by atoms with Crippen molar-refractivity contribution >= 4 is 23.6 Å². The third-order valence-electron chi connectivity index (χ3n) is 5.78. The van der Waals surface area contributed by atoms with E-state index in [0.29, 0.717) is 18.1 Å². The minimum atomic E-state index is -0.888. The van der Waals surface area contributed by atoms with Crippen LogP contribution in [0.2, 0.25) is 0 Å². The normalized spacial score (nSPS) is 11.8. The van der Waals surface area contributed by atoms with Gasteiger partial charge in [0.15, 0.2) is 0 Å². The Morgan fingerprint density at radius 2 is 1.72 bits per heavy atom. The fourth-order valence-corrected chi connectivity index (χ4v) is 4.68. The first kappa shape index (κ1) is 27.3. The molecule has 0 aromatic heterocycles. The number of rotatable bonds is 13. The number of aryl methyl sites for hydroxylation is 1. The lowest BCUT2D eigenvalue weighted by Crippen LogP contribution is -2.30. The number of aliphatic carboxylic acids is 1. The topological polar surface area (TPSA) is 75.6 Å². The minimum absolute atomic E-state index is 0.0356. The second-order valence-electron chi connectivity index (χ2n) is 9.14. The fraction of sp³-hybridized carbons (Fsp3) is 0.333. The molecule has 0 aliphatic carbocycles. The highest BCUT2D eigenvalue weighted by Gasteiger charge is 2.20. The predicted octanol–water partition coefficient (Wildman–Crippen LogP) is 6.91. The van der Waals surface area contributed by atoms with Gasteiger partial charge in [0.05, 0.1) is 6.04 Å². The molecule has 0 heterocycles. The Labute approximate surface area is 218 Å². The van der Waals surface area contributed by atoms with E-state index in [1.165, 1.54) is 4.90 Å². The van der Waals surface area contributed by atoms with Crippen molar-refractivity contribution in [1.29, 1.82) is 0 Å². The Kier molecular flexibility index (Phi) is 10.4. The van der Waals surface area contributed by atoms with Gasteiger partial charge < -0.3 is 15.2 Å². The number of benzene rings is 3. The SMILES string of the molecule is CCSc1ccc(C(CC(C)C)NC(=O)c2cc(COc3ccccc3)ccc2CCC(=O)O)cc1. The fourth-order valence-electron chi connectivity index (χ4n) is 4.02. The number of carboxylic acids is 1. The van der Waals surface area contributed by atoms with Crippen LogP contribution in [0.5, 0.6) is 5.75 Å². The molecule has 0 saturated carbocycles. The van der Waals surface area contributed by atoms with E-state index in [1.54, 1.807) is 11.8 Å². The van der Waals surface area contributed by atoms with Crippen LogP contribution in [-0.4, -0.2) is 22.7 Å². The molecular weight excluding hydrogens is 470 g/mol. The summed E-state index contributed by atoms with van der Waals surface area (Å²) >= 11 is 1.79. The van der Waals surface area contributed by atoms with E-state index in [2.05, 4.69) is 50.4 Å². The molecule has 3 aromatic rings. The summed E-state index contributed by atoms with van der Waals surface area (Å²) in [6.45, 7) is 6.72. The van der Waals surface area contributed by atoms with Gasteiger partial charge in [0.1, 0.15) is 12.4 Å². The maximum Gasteiger partial charge on any atom is 0.303 e. The van der Waals surface area contributed by atoms with E-state index < -0.39 is 5.97 Å². The van der Waals surface area contributed by atoms with E-state index in [9.17, 15) is 14.7 Å². The summed E-state index contributed by atoms with van der Waals surface area (Å²) in [5.74, 6) is 1.06. The summed E-state index contributed by atoms with van der Waals surface area (Å²) in [7, 11) is 0. The van der Waals surface area contributed by atoms with Crippen molar-refractivity contribution in [3.8, 4) is 5.75 Å². The number of carboxylic acid groups (broad SMARTS) is 1. The van der Waals surface area contributed by atoms with E-state index >= 15 is 0 Å². The van der Waals surface area contributed by atoms with Crippen molar-refractivity contribution in [3.05, 3.63) is 95.1 Å². The van der Waals surface area contributed by atoms with Gasteiger partial charge in [-0.1, -0.05) is 63.2 Å². The molecule has 6 heteroatoms. The van der Waals surface area contributed by atoms with E-state index in [4.69, 9.17) is 4.74 Å². The molecular formula is C30H35NO4S. The number of para-hydroxylation sites is 1. The van der Waals surface area contributed by atoms with Crippen molar-refractivity contribution in [3.63, 3.8) is 0 Å². The smallest absolute Gasteiger partial charge is 0.303 e. The number of hydrogen-bond donors (Lipinski definition) is 2. The Morgan fingerprint density at radius 3 is 2.36 bits per heavy atom. The number of amides is 1. The maximum atomic E-state index is 13.6. The number of thioether (sulfide) groups is 1. The Morgan fingerprint density at radius 1 is 1.00 bits per heavy atom. The molecule has 5 nitrogen and oxygen atoms in total. The number of hydrogen-bond acceptors (Lipinski definition) is 4. The molecule has 0 saturated heterocycles. The van der Waals surface area contributed by atoms with Crippen LogP contribution in [0, 0.1) is 5.92 Å². The highest BCUT2D eigenvalue weighted by atomic mass is 32.2. The summed E-state index contributed by atoms with van der Waals surface area (Å²) in [5, 5.41) is 12.4. The first-order chi connectivity index (χ1) is 17.4. The number of carbonyl (C=O) groups excluding carboxylic acids is 1. The van der Waals surface area contributed by atoms with Crippen molar-refractivity contribution in [2.75, 3.05) is 5.75 Å². The van der Waals surface area contributed by atoms with Gasteiger partial charge >= 0.3 is 5.97 Å². The van der Waals surface area contributed by atoms with Gasteiger partial charge in [-0.2, -0.15) is 0 Å². The standard InChI is InChI=1S/C30H35NO4S/c1-4-36-26-15-12-24(13-16-26)28(18-21(2)3)31-30(34)27-19-22(10-11-23(27)14-17-29(32)33)20-35-25-8-6-5-7-9-25/h5-13,15-16,19,21,28H,4,14,17-18,20H2,1-3H3,(H,31,34)(H,32,33). The van der Waals surface area contributed by atoms with Crippen LogP contribution in [-0.2, 0) is 17.8 Å². The van der Waals surface area contributed by atoms with Crippen molar-refractivity contribution < 1.29 is 19.4 Å². The molecule has 0 aliphatic rings. The van der Waals surface area contributed by atoms with Crippen LogP contribution in [0.25, 0.3) is 0 Å². The van der Waals surface area contributed by atoms with Gasteiger partial charge in [-0.05, 0) is 71.5 Å². The summed E-state index contributed by atoms with van der Waals surface area (Å²) in [4.78, 5) is 26.0. The lowest BCUT2D eigenvalue weighted by atomic mass is 9.95. The summed E-state index contributed by atoms with van der Waals surface area (Å²) in [5.41, 5.74) is 3.13. The van der Waals surface area contributed by atoms with Gasteiger partial charge in [-0.15, -0.1) is 11.8 Å². The molecule has 3 aromatic carbocycles. The van der Waals surface area contributed by atoms with Crippen LogP contribution in [0.4, 0.5) is 0 Å². The molecule has 2 N–H and O–H groups in total. The number of ether oxygens (including phenoxy) is 1. The Hall–Kier alpha value is -3.25. The second kappa shape index (κ2) is 13.7. The van der Waals surface area contributed by atoms with Crippen molar-refractivity contribution in [1.82, 2.24) is 5.32 Å². The second-order valence-corrected chi connectivity index (χ2v) is 10.5. The average Bonchev–Trinajstić information content (AvgIpc) is 2.87. The van der Waals surface area contributed by atoms with Crippen molar-refractivity contribution in [2.45, 2.75) is 57.6 Å². The van der Waals surface area contributed by atoms with E-state index in [1.807, 2.05) is 48.5 Å². The molecule has 0 radical (unpaired) electrons. The van der Waals surface area contributed by atoms with E-state index in [-0.39, 0.29) is 24.8 Å². The molecule has 1 atom stereocenters. The monoisotopic (exact) mass is 505 g/mol. The molecule has 190 valence electrons. The van der Waals surface area contributed by atoms with Crippen LogP contribution in [0.3, 0.4) is 0 Å². The van der Waals surface area contributed by atoms with Gasteiger partial charge in [0.25, 0.3) is 5.91 Å².